The van der Waals surface area contributed by atoms with Crippen molar-refractivity contribution in [2.75, 3.05) is 18.2 Å². The SMILES string of the molecule is COc1c(C#N)c(-c2nc(N)c3c(n2)NC(=O)C3(C)C(=O)O)nn1Cc1ccccc1F. The summed E-state index contributed by atoms with van der Waals surface area (Å²) >= 11 is 0. The van der Waals surface area contributed by atoms with Gasteiger partial charge in [-0.05, 0) is 13.0 Å². The van der Waals surface area contributed by atoms with Crippen molar-refractivity contribution in [2.24, 2.45) is 0 Å². The van der Waals surface area contributed by atoms with Gasteiger partial charge in [-0.3, -0.25) is 9.59 Å². The number of nitrogens with two attached hydrogens (primary N) is 1. The highest BCUT2D eigenvalue weighted by atomic mass is 19.1. The highest BCUT2D eigenvalue weighted by Crippen LogP contribution is 2.41. The van der Waals surface area contributed by atoms with E-state index < -0.39 is 23.1 Å². The van der Waals surface area contributed by atoms with E-state index in [1.165, 1.54) is 24.8 Å². The summed E-state index contributed by atoms with van der Waals surface area (Å²) in [6.07, 6.45) is 0. The van der Waals surface area contributed by atoms with Crippen molar-refractivity contribution in [2.45, 2.75) is 18.9 Å². The molecule has 1 aliphatic heterocycles. The average Bonchev–Trinajstić information content (AvgIpc) is 3.24. The molecule has 0 saturated carbocycles. The Morgan fingerprint density at radius 3 is 2.75 bits per heavy atom. The second kappa shape index (κ2) is 7.31. The van der Waals surface area contributed by atoms with Crippen molar-refractivity contribution < 1.29 is 23.8 Å². The summed E-state index contributed by atoms with van der Waals surface area (Å²) in [5, 5.41) is 25.9. The molecule has 32 heavy (non-hydrogen) atoms. The lowest BCUT2D eigenvalue weighted by molar-refractivity contribution is -0.146. The molecule has 4 N–H and O–H groups in total. The number of nitrogens with one attached hydrogen (secondary N) is 1. The monoisotopic (exact) mass is 437 g/mol. The van der Waals surface area contributed by atoms with E-state index in [4.69, 9.17) is 10.5 Å². The number of rotatable bonds is 5. The van der Waals surface area contributed by atoms with E-state index in [1.54, 1.807) is 18.2 Å². The summed E-state index contributed by atoms with van der Waals surface area (Å²) < 4.78 is 20.7. The highest BCUT2D eigenvalue weighted by Gasteiger charge is 2.52. The number of anilines is 2. The number of methoxy groups -OCH3 is 1. The predicted molar refractivity (Wildman–Crippen MR) is 108 cm³/mol. The van der Waals surface area contributed by atoms with Crippen LogP contribution in [0.25, 0.3) is 11.5 Å². The lowest BCUT2D eigenvalue weighted by Gasteiger charge is -2.16. The van der Waals surface area contributed by atoms with Crippen LogP contribution in [0.5, 0.6) is 5.88 Å². The Morgan fingerprint density at radius 1 is 1.41 bits per heavy atom. The molecule has 0 radical (unpaired) electrons. The molecule has 0 fully saturated rings. The first kappa shape index (κ1) is 20.7. The summed E-state index contributed by atoms with van der Waals surface area (Å²) in [5.74, 6) is -3.11. The van der Waals surface area contributed by atoms with Crippen LogP contribution >= 0.6 is 0 Å². The van der Waals surface area contributed by atoms with E-state index in [0.29, 0.717) is 5.56 Å². The average molecular weight is 437 g/mol. The number of aliphatic carboxylic acids is 1. The quantitative estimate of drug-likeness (QED) is 0.498. The third-order valence-corrected chi connectivity index (χ3v) is 5.25. The molecule has 1 atom stereocenters. The maximum atomic E-state index is 14.1. The smallest absolute Gasteiger partial charge is 0.323 e. The zero-order valence-electron chi connectivity index (χ0n) is 16.9. The van der Waals surface area contributed by atoms with Crippen molar-refractivity contribution in [1.82, 2.24) is 19.7 Å². The van der Waals surface area contributed by atoms with Crippen LogP contribution in [-0.2, 0) is 21.5 Å². The van der Waals surface area contributed by atoms with Crippen LogP contribution in [-0.4, -0.2) is 43.8 Å². The summed E-state index contributed by atoms with van der Waals surface area (Å²) in [7, 11) is 1.33. The molecular weight excluding hydrogens is 421 g/mol. The Kier molecular flexibility index (Phi) is 4.74. The predicted octanol–water partition coefficient (Wildman–Crippen LogP) is 1.28. The van der Waals surface area contributed by atoms with E-state index in [0.717, 1.165) is 0 Å². The Bertz CT molecular complexity index is 1330. The van der Waals surface area contributed by atoms with Crippen molar-refractivity contribution >= 4 is 23.5 Å². The molecule has 0 spiro atoms. The summed E-state index contributed by atoms with van der Waals surface area (Å²) in [6, 6.07) is 8.03. The minimum Gasteiger partial charge on any atom is -0.480 e. The topological polar surface area (TPSA) is 169 Å². The number of amides is 1. The first-order valence-electron chi connectivity index (χ1n) is 9.23. The van der Waals surface area contributed by atoms with Crippen LogP contribution in [0.3, 0.4) is 0 Å². The number of nitriles is 1. The highest BCUT2D eigenvalue weighted by molar-refractivity contribution is 6.19. The van der Waals surface area contributed by atoms with E-state index in [9.17, 15) is 24.3 Å². The molecule has 2 aromatic heterocycles. The zero-order chi connectivity index (χ0) is 23.2. The van der Waals surface area contributed by atoms with Crippen LogP contribution in [0.2, 0.25) is 0 Å². The number of fused-ring (bicyclic) bond motifs is 1. The van der Waals surface area contributed by atoms with Crippen LogP contribution < -0.4 is 15.8 Å². The fraction of sp³-hybridized carbons (Fsp3) is 0.200. The van der Waals surface area contributed by atoms with Gasteiger partial charge in [0.2, 0.25) is 11.8 Å². The molecule has 0 bridgehead atoms. The van der Waals surface area contributed by atoms with Crippen molar-refractivity contribution in [3.05, 3.63) is 46.8 Å². The normalized spacial score (nSPS) is 16.9. The van der Waals surface area contributed by atoms with Gasteiger partial charge in [-0.25, -0.2) is 19.0 Å². The number of ether oxygens (including phenoxy) is 1. The van der Waals surface area contributed by atoms with E-state index in [2.05, 4.69) is 20.4 Å². The summed E-state index contributed by atoms with van der Waals surface area (Å²) in [5.41, 5.74) is 4.21. The summed E-state index contributed by atoms with van der Waals surface area (Å²) in [4.78, 5) is 32.3. The lowest BCUT2D eigenvalue weighted by atomic mass is 9.85. The Hall–Kier alpha value is -4.53. The number of aromatic nitrogens is 4. The number of carboxylic acids is 1. The van der Waals surface area contributed by atoms with Crippen molar-refractivity contribution in [1.29, 1.82) is 5.26 Å². The lowest BCUT2D eigenvalue weighted by Crippen LogP contribution is -2.39. The Labute approximate surface area is 180 Å². The maximum absolute atomic E-state index is 14.1. The molecule has 162 valence electrons. The third-order valence-electron chi connectivity index (χ3n) is 5.25. The molecule has 1 amide bonds. The van der Waals surface area contributed by atoms with Gasteiger partial charge in [-0.1, -0.05) is 18.2 Å². The molecular formula is C20H16FN7O4. The number of benzene rings is 1. The standard InChI is InChI=1S/C20H16FN7O4/c1-20(19(30)31)12-14(23)24-16(25-15(12)26-18(20)29)13-10(7-22)17(32-2)28(27-13)8-9-5-3-4-6-11(9)21/h3-6H,8H2,1-2H3,(H,30,31)(H3,23,24,25,26,29). The van der Waals surface area contributed by atoms with Gasteiger partial charge in [0, 0.05) is 5.56 Å². The van der Waals surface area contributed by atoms with Crippen LogP contribution in [0.15, 0.2) is 24.3 Å². The molecule has 1 aromatic carbocycles. The molecule has 3 aromatic rings. The Morgan fingerprint density at radius 2 is 2.12 bits per heavy atom. The maximum Gasteiger partial charge on any atom is 0.323 e. The molecule has 1 aliphatic rings. The third kappa shape index (κ3) is 2.90. The number of hydrogen-bond acceptors (Lipinski definition) is 8. The van der Waals surface area contributed by atoms with E-state index in [-0.39, 0.29) is 46.7 Å². The van der Waals surface area contributed by atoms with E-state index >= 15 is 0 Å². The minimum absolute atomic E-state index is 0.0200. The first-order chi connectivity index (χ1) is 15.2. The van der Waals surface area contributed by atoms with Crippen molar-refractivity contribution in [3.8, 4) is 23.5 Å². The fourth-order valence-corrected chi connectivity index (χ4v) is 3.52. The first-order valence-corrected chi connectivity index (χ1v) is 9.23. The van der Waals surface area contributed by atoms with E-state index in [1.807, 2.05) is 6.07 Å². The molecule has 12 heteroatoms. The summed E-state index contributed by atoms with van der Waals surface area (Å²) in [6.45, 7) is 1.15. The second-order valence-electron chi connectivity index (χ2n) is 7.13. The van der Waals surface area contributed by atoms with Gasteiger partial charge >= 0.3 is 5.97 Å². The fourth-order valence-electron chi connectivity index (χ4n) is 3.52. The number of carboxylic acid groups (broad SMARTS) is 1. The molecule has 0 aliphatic carbocycles. The van der Waals surface area contributed by atoms with Gasteiger partial charge < -0.3 is 20.9 Å². The largest absolute Gasteiger partial charge is 0.480 e. The van der Waals surface area contributed by atoms with Gasteiger partial charge in [0.25, 0.3) is 0 Å². The van der Waals surface area contributed by atoms with Gasteiger partial charge in [0.05, 0.1) is 19.2 Å². The number of nitrogen functional groups attached to an aromatic ring is 1. The number of carbonyl (C=O) groups excluding carboxylic acids is 1. The molecule has 1 unspecified atom stereocenters. The van der Waals surface area contributed by atoms with Crippen LogP contribution in [0.1, 0.15) is 23.6 Å². The van der Waals surface area contributed by atoms with Gasteiger partial charge in [0.1, 0.15) is 29.1 Å². The molecule has 3 heterocycles. The van der Waals surface area contributed by atoms with Crippen molar-refractivity contribution in [3.63, 3.8) is 0 Å². The van der Waals surface area contributed by atoms with Crippen LogP contribution in [0.4, 0.5) is 16.0 Å². The molecule has 0 saturated heterocycles. The number of nitrogens with zero attached hydrogens (tertiary/aromatic N) is 5. The van der Waals surface area contributed by atoms with Gasteiger partial charge in [0.15, 0.2) is 16.9 Å². The zero-order valence-corrected chi connectivity index (χ0v) is 16.9. The minimum atomic E-state index is -1.96. The Balaban J connectivity index is 1.86. The molecule has 4 rings (SSSR count). The number of carbonyl (C=O) groups is 2. The van der Waals surface area contributed by atoms with Gasteiger partial charge in [-0.2, -0.15) is 10.4 Å². The number of halogens is 1. The van der Waals surface area contributed by atoms with Gasteiger partial charge in [-0.15, -0.1) is 0 Å². The molecule has 11 nitrogen and oxygen atoms in total. The van der Waals surface area contributed by atoms with Crippen LogP contribution in [0, 0.1) is 17.1 Å². The second-order valence-corrected chi connectivity index (χ2v) is 7.13. The number of hydrogen-bond donors (Lipinski definition) is 3.